The maximum absolute atomic E-state index is 11.1. The number of hydrogen-bond donors (Lipinski definition) is 3. The molecule has 0 unspecified atom stereocenters. The van der Waals surface area contributed by atoms with Crippen molar-refractivity contribution in [2.75, 3.05) is 14.2 Å². The van der Waals surface area contributed by atoms with Crippen molar-refractivity contribution in [1.82, 2.24) is 15.0 Å². The fraction of sp³-hybridized carbons (Fsp3) is 0.286. The van der Waals surface area contributed by atoms with Gasteiger partial charge in [-0.15, -0.1) is 0 Å². The summed E-state index contributed by atoms with van der Waals surface area (Å²) in [6.45, 7) is 0. The lowest BCUT2D eigenvalue weighted by molar-refractivity contribution is -0.140. The predicted molar refractivity (Wildman–Crippen MR) is 106 cm³/mol. The number of carbonyl (C=O) groups excluding carboxylic acids is 1. The first-order valence-corrected chi connectivity index (χ1v) is 9.04. The Bertz CT molecular complexity index is 980. The van der Waals surface area contributed by atoms with E-state index >= 15 is 0 Å². The van der Waals surface area contributed by atoms with Gasteiger partial charge in [0.05, 0.1) is 31.3 Å². The number of esters is 1. The van der Waals surface area contributed by atoms with Crippen molar-refractivity contribution in [1.29, 1.82) is 0 Å². The number of methoxy groups -OCH3 is 2. The molecule has 3 heterocycles. The molecule has 3 rings (SSSR count). The highest BCUT2D eigenvalue weighted by atomic mass is 16.5. The van der Waals surface area contributed by atoms with Crippen molar-refractivity contribution >= 4 is 18.1 Å². The molecule has 27 heavy (non-hydrogen) atoms. The first kappa shape index (κ1) is 18.6. The quantitative estimate of drug-likeness (QED) is 0.423. The summed E-state index contributed by atoms with van der Waals surface area (Å²) >= 11 is 0. The molecule has 0 amide bonds. The van der Waals surface area contributed by atoms with Crippen LogP contribution in [0.15, 0.2) is 36.5 Å². The molecular formula is C21H25N3O3. The molecular weight excluding hydrogens is 342 g/mol. The molecule has 0 aliphatic carbocycles. The molecule has 0 aliphatic heterocycles. The van der Waals surface area contributed by atoms with Crippen molar-refractivity contribution in [3.63, 3.8) is 0 Å². The zero-order valence-corrected chi connectivity index (χ0v) is 15.7. The predicted octanol–water partition coefficient (Wildman–Crippen LogP) is 2.69. The molecule has 3 aromatic heterocycles. The number of hydrogen-bond acceptors (Lipinski definition) is 3. The fourth-order valence-electron chi connectivity index (χ4n) is 2.93. The Kier molecular flexibility index (Phi) is 6.20. The summed E-state index contributed by atoms with van der Waals surface area (Å²) < 4.78 is 10.1. The van der Waals surface area contributed by atoms with E-state index in [1.165, 1.54) is 7.11 Å². The van der Waals surface area contributed by atoms with Gasteiger partial charge in [-0.3, -0.25) is 4.79 Å². The van der Waals surface area contributed by atoms with Gasteiger partial charge in [-0.05, 0) is 49.6 Å². The van der Waals surface area contributed by atoms with Gasteiger partial charge in [0.15, 0.2) is 0 Å². The lowest BCUT2D eigenvalue weighted by atomic mass is 10.2. The third-order valence-electron chi connectivity index (χ3n) is 4.38. The maximum atomic E-state index is 11.1. The van der Waals surface area contributed by atoms with Crippen LogP contribution in [0.4, 0.5) is 0 Å². The molecule has 6 heteroatoms. The topological polar surface area (TPSA) is 82.9 Å². The van der Waals surface area contributed by atoms with E-state index in [1.807, 2.05) is 42.6 Å². The monoisotopic (exact) mass is 367 g/mol. The Morgan fingerprint density at radius 1 is 1.07 bits per heavy atom. The van der Waals surface area contributed by atoms with Crippen LogP contribution in [-0.2, 0) is 9.53 Å². The third kappa shape index (κ3) is 4.94. The second-order valence-electron chi connectivity index (χ2n) is 6.29. The number of ether oxygens (including phenoxy) is 2. The van der Waals surface area contributed by atoms with Gasteiger partial charge < -0.3 is 24.4 Å². The van der Waals surface area contributed by atoms with Crippen LogP contribution in [0.1, 0.15) is 31.4 Å². The van der Waals surface area contributed by atoms with Gasteiger partial charge >= 0.3 is 5.97 Å². The number of aromatic nitrogens is 3. The maximum Gasteiger partial charge on any atom is 0.305 e. The Morgan fingerprint density at radius 2 is 1.93 bits per heavy atom. The Labute approximate surface area is 157 Å². The van der Waals surface area contributed by atoms with Gasteiger partial charge in [0.25, 0.3) is 0 Å². The molecule has 0 saturated carbocycles. The van der Waals surface area contributed by atoms with Crippen molar-refractivity contribution in [3.8, 4) is 17.1 Å². The standard InChI is InChI=1S/C21H25N3O3/c1-26-20-14-18(17-8-6-12-22-17)24-19(20)13-16-11-10-15(23-16)7-4-3-5-9-21(25)27-2/h6-8,10-14,22-24H,3-5,9H2,1-2H3. The van der Waals surface area contributed by atoms with Crippen molar-refractivity contribution < 1.29 is 14.3 Å². The normalized spacial score (nSPS) is 12.5. The van der Waals surface area contributed by atoms with Crippen LogP contribution in [-0.4, -0.2) is 35.1 Å². The van der Waals surface area contributed by atoms with Crippen LogP contribution in [0.25, 0.3) is 23.5 Å². The highest BCUT2D eigenvalue weighted by Gasteiger charge is 2.08. The Hall–Kier alpha value is -3.15. The summed E-state index contributed by atoms with van der Waals surface area (Å²) in [6, 6.07) is 10.0. The number of rotatable bonds is 8. The molecule has 0 radical (unpaired) electrons. The molecule has 142 valence electrons. The van der Waals surface area contributed by atoms with Gasteiger partial charge in [0.2, 0.25) is 0 Å². The van der Waals surface area contributed by atoms with E-state index in [0.717, 1.165) is 52.8 Å². The van der Waals surface area contributed by atoms with Crippen molar-refractivity contribution in [2.24, 2.45) is 0 Å². The lowest BCUT2D eigenvalue weighted by Gasteiger charge is -1.96. The molecule has 0 atom stereocenters. The van der Waals surface area contributed by atoms with E-state index in [0.29, 0.717) is 6.42 Å². The van der Waals surface area contributed by atoms with Crippen LogP contribution >= 0.6 is 0 Å². The zero-order chi connectivity index (χ0) is 19.1. The van der Waals surface area contributed by atoms with Crippen LogP contribution < -0.4 is 15.4 Å². The summed E-state index contributed by atoms with van der Waals surface area (Å²) in [5.74, 6) is 0.646. The first-order valence-electron chi connectivity index (χ1n) is 9.04. The largest absolute Gasteiger partial charge is 0.494 e. The molecule has 0 aromatic carbocycles. The summed E-state index contributed by atoms with van der Waals surface area (Å²) in [6.07, 6.45) is 9.25. The van der Waals surface area contributed by atoms with Crippen LogP contribution in [0.3, 0.4) is 0 Å². The van der Waals surface area contributed by atoms with Gasteiger partial charge in [-0.2, -0.15) is 0 Å². The second kappa shape index (κ2) is 8.98. The molecule has 0 bridgehead atoms. The SMILES string of the molecule is COC(=O)CCCCC=c1ccc(=Cc2[nH]c(-c3ccc[nH]3)cc2OC)[nH]1. The van der Waals surface area contributed by atoms with Crippen molar-refractivity contribution in [2.45, 2.75) is 25.7 Å². The highest BCUT2D eigenvalue weighted by molar-refractivity contribution is 5.69. The first-order chi connectivity index (χ1) is 13.2. The second-order valence-corrected chi connectivity index (χ2v) is 6.29. The summed E-state index contributed by atoms with van der Waals surface area (Å²) in [4.78, 5) is 21.0. The average Bonchev–Trinajstić information content (AvgIpc) is 3.42. The molecule has 3 N–H and O–H groups in total. The summed E-state index contributed by atoms with van der Waals surface area (Å²) in [5, 5.41) is 2.06. The molecule has 0 aliphatic rings. The Morgan fingerprint density at radius 3 is 2.67 bits per heavy atom. The minimum Gasteiger partial charge on any atom is -0.494 e. The highest BCUT2D eigenvalue weighted by Crippen LogP contribution is 2.26. The van der Waals surface area contributed by atoms with Gasteiger partial charge in [-0.1, -0.05) is 6.08 Å². The Balaban J connectivity index is 1.69. The number of H-pyrrole nitrogens is 3. The third-order valence-corrected chi connectivity index (χ3v) is 4.38. The number of carbonyl (C=O) groups is 1. The fourth-order valence-corrected chi connectivity index (χ4v) is 2.93. The van der Waals surface area contributed by atoms with Crippen LogP contribution in [0.2, 0.25) is 0 Å². The zero-order valence-electron chi connectivity index (χ0n) is 15.7. The van der Waals surface area contributed by atoms with Gasteiger partial charge in [0, 0.05) is 29.4 Å². The molecule has 0 saturated heterocycles. The minimum absolute atomic E-state index is 0.148. The molecule has 6 nitrogen and oxygen atoms in total. The smallest absolute Gasteiger partial charge is 0.305 e. The van der Waals surface area contributed by atoms with E-state index in [-0.39, 0.29) is 5.97 Å². The number of aromatic amines is 3. The van der Waals surface area contributed by atoms with Crippen LogP contribution in [0, 0.1) is 0 Å². The number of unbranched alkanes of at least 4 members (excludes halogenated alkanes) is 2. The average molecular weight is 367 g/mol. The van der Waals surface area contributed by atoms with E-state index in [4.69, 9.17) is 4.74 Å². The van der Waals surface area contributed by atoms with Gasteiger partial charge in [0.1, 0.15) is 5.75 Å². The van der Waals surface area contributed by atoms with Crippen molar-refractivity contribution in [3.05, 3.63) is 52.9 Å². The minimum atomic E-state index is -0.148. The molecule has 3 aromatic rings. The molecule has 0 fully saturated rings. The summed E-state index contributed by atoms with van der Waals surface area (Å²) in [5.41, 5.74) is 2.90. The van der Waals surface area contributed by atoms with E-state index in [9.17, 15) is 4.79 Å². The summed E-state index contributed by atoms with van der Waals surface area (Å²) in [7, 11) is 3.09. The van der Waals surface area contributed by atoms with E-state index in [2.05, 4.69) is 25.8 Å². The van der Waals surface area contributed by atoms with E-state index in [1.54, 1.807) is 7.11 Å². The van der Waals surface area contributed by atoms with E-state index < -0.39 is 0 Å². The number of nitrogens with one attached hydrogen (secondary N) is 3. The lowest BCUT2D eigenvalue weighted by Crippen LogP contribution is -2.09. The van der Waals surface area contributed by atoms with Crippen LogP contribution in [0.5, 0.6) is 5.75 Å². The molecule has 0 spiro atoms. The van der Waals surface area contributed by atoms with Gasteiger partial charge in [-0.25, -0.2) is 0 Å².